The van der Waals surface area contributed by atoms with Crippen molar-refractivity contribution in [3.8, 4) is 11.3 Å². The fourth-order valence-corrected chi connectivity index (χ4v) is 3.84. The predicted molar refractivity (Wildman–Crippen MR) is 116 cm³/mol. The van der Waals surface area contributed by atoms with Gasteiger partial charge in [-0.25, -0.2) is 13.6 Å². The van der Waals surface area contributed by atoms with E-state index in [-0.39, 0.29) is 24.4 Å². The van der Waals surface area contributed by atoms with Crippen molar-refractivity contribution >= 4 is 17.6 Å². The number of fused-ring (bicyclic) bond motifs is 1. The van der Waals surface area contributed by atoms with Gasteiger partial charge in [-0.1, -0.05) is 20.8 Å². The molecule has 1 aromatic carbocycles. The highest BCUT2D eigenvalue weighted by Gasteiger charge is 2.35. The van der Waals surface area contributed by atoms with Gasteiger partial charge < -0.3 is 20.6 Å². The summed E-state index contributed by atoms with van der Waals surface area (Å²) in [5, 5.41) is 18.6. The highest BCUT2D eigenvalue weighted by molar-refractivity contribution is 5.90. The van der Waals surface area contributed by atoms with E-state index in [0.717, 1.165) is 29.3 Å². The Labute approximate surface area is 185 Å². The maximum absolute atomic E-state index is 14.5. The summed E-state index contributed by atoms with van der Waals surface area (Å²) in [5.74, 6) is -1.69. The number of amides is 2. The summed E-state index contributed by atoms with van der Waals surface area (Å²) < 4.78 is 29.6. The largest absolute Gasteiger partial charge is 0.395 e. The summed E-state index contributed by atoms with van der Waals surface area (Å²) in [7, 11) is 1.81. The lowest BCUT2D eigenvalue weighted by atomic mass is 9.86. The average molecular weight is 450 g/mol. The molecule has 174 valence electrons. The van der Waals surface area contributed by atoms with Gasteiger partial charge in [0.15, 0.2) is 0 Å². The van der Waals surface area contributed by atoms with Crippen LogP contribution in [0.5, 0.6) is 0 Å². The molecule has 1 aliphatic rings. The fourth-order valence-electron chi connectivity index (χ4n) is 3.84. The number of nitrogens with one attached hydrogen (secondary N) is 2. The van der Waals surface area contributed by atoms with Crippen molar-refractivity contribution in [3.05, 3.63) is 35.5 Å². The molecule has 3 N–H and O–H groups in total. The van der Waals surface area contributed by atoms with Crippen LogP contribution in [0, 0.1) is 17.0 Å². The lowest BCUT2D eigenvalue weighted by Gasteiger charge is -2.30. The molecule has 0 saturated carbocycles. The molecule has 1 unspecified atom stereocenters. The van der Waals surface area contributed by atoms with E-state index in [2.05, 4.69) is 15.7 Å². The number of benzene rings is 1. The Hall–Kier alpha value is -3.01. The Bertz CT molecular complexity index is 1020. The first-order valence-corrected chi connectivity index (χ1v) is 10.5. The van der Waals surface area contributed by atoms with Gasteiger partial charge in [-0.2, -0.15) is 9.78 Å². The lowest BCUT2D eigenvalue weighted by molar-refractivity contribution is -0.125. The Morgan fingerprint density at radius 3 is 2.66 bits per heavy atom. The lowest BCUT2D eigenvalue weighted by Crippen LogP contribution is -2.55. The Morgan fingerprint density at radius 1 is 1.28 bits per heavy atom. The maximum atomic E-state index is 14.5. The van der Waals surface area contributed by atoms with Gasteiger partial charge in [-0.05, 0) is 36.5 Å². The van der Waals surface area contributed by atoms with Crippen molar-refractivity contribution in [2.24, 2.45) is 5.41 Å². The van der Waals surface area contributed by atoms with E-state index in [1.807, 2.05) is 11.9 Å². The molecule has 1 aliphatic heterocycles. The van der Waals surface area contributed by atoms with E-state index in [1.165, 1.54) is 0 Å². The van der Waals surface area contributed by atoms with E-state index < -0.39 is 35.0 Å². The summed E-state index contributed by atoms with van der Waals surface area (Å²) in [4.78, 5) is 27.7. The number of hydrogen-bond acceptors (Lipinski definition) is 5. The molecule has 3 rings (SSSR count). The van der Waals surface area contributed by atoms with Crippen molar-refractivity contribution in [1.82, 2.24) is 20.4 Å². The summed E-state index contributed by atoms with van der Waals surface area (Å²) in [6.07, 6.45) is 1.28. The number of aliphatic hydroxyl groups is 1. The smallest absolute Gasteiger partial charge is 0.343 e. The topological polar surface area (TPSA) is 99.5 Å². The van der Waals surface area contributed by atoms with Gasteiger partial charge in [0, 0.05) is 25.7 Å². The Kier molecular flexibility index (Phi) is 6.82. The van der Waals surface area contributed by atoms with Crippen molar-refractivity contribution in [2.75, 3.05) is 31.6 Å². The summed E-state index contributed by atoms with van der Waals surface area (Å²) >= 11 is 0. The number of carbonyl (C=O) groups excluding carboxylic acids is 2. The van der Waals surface area contributed by atoms with Crippen molar-refractivity contribution in [2.45, 2.75) is 39.7 Å². The van der Waals surface area contributed by atoms with Crippen LogP contribution in [-0.4, -0.2) is 59.6 Å². The van der Waals surface area contributed by atoms with Gasteiger partial charge in [0.05, 0.1) is 18.0 Å². The molecule has 2 aromatic rings. The van der Waals surface area contributed by atoms with Gasteiger partial charge in [0.2, 0.25) is 5.91 Å². The normalized spacial score (nSPS) is 14.7. The second-order valence-corrected chi connectivity index (χ2v) is 8.97. The number of aromatic nitrogens is 2. The molecule has 0 saturated heterocycles. The third-order valence-corrected chi connectivity index (χ3v) is 5.43. The van der Waals surface area contributed by atoms with Crippen LogP contribution in [0.4, 0.5) is 19.3 Å². The standard InChI is InChI=1S/C22H29F2N5O3/c1-22(2,3)19(20(31)25-9-11-30)26-21(32)29-16-6-5-10-28(4)18(16)17(27-29)14-12-13(23)7-8-15(14)24/h7-8,12,19,30H,5-6,9-11H2,1-4H3,(H,25,31)(H,26,32). The van der Waals surface area contributed by atoms with Crippen molar-refractivity contribution in [3.63, 3.8) is 0 Å². The molecule has 0 spiro atoms. The number of carbonyl (C=O) groups is 2. The molecule has 1 atom stereocenters. The number of rotatable bonds is 5. The minimum Gasteiger partial charge on any atom is -0.395 e. The van der Waals surface area contributed by atoms with Crippen LogP contribution in [0.25, 0.3) is 11.3 Å². The molecule has 0 bridgehead atoms. The average Bonchev–Trinajstić information content (AvgIpc) is 3.12. The summed E-state index contributed by atoms with van der Waals surface area (Å²) in [5.41, 5.74) is 0.642. The minimum absolute atomic E-state index is 0.0328. The minimum atomic E-state index is -0.905. The summed E-state index contributed by atoms with van der Waals surface area (Å²) in [6.45, 7) is 5.92. The highest BCUT2D eigenvalue weighted by atomic mass is 19.1. The predicted octanol–water partition coefficient (Wildman–Crippen LogP) is 2.29. The maximum Gasteiger partial charge on any atom is 0.343 e. The molecular formula is C22H29F2N5O3. The van der Waals surface area contributed by atoms with Gasteiger partial charge in [-0.15, -0.1) is 0 Å². The zero-order chi connectivity index (χ0) is 23.6. The van der Waals surface area contributed by atoms with Crippen LogP contribution in [0.1, 0.15) is 32.9 Å². The quantitative estimate of drug-likeness (QED) is 0.651. The zero-order valence-electron chi connectivity index (χ0n) is 18.7. The van der Waals surface area contributed by atoms with E-state index in [4.69, 9.17) is 5.11 Å². The first-order valence-electron chi connectivity index (χ1n) is 10.5. The third-order valence-electron chi connectivity index (χ3n) is 5.43. The molecule has 8 nitrogen and oxygen atoms in total. The zero-order valence-corrected chi connectivity index (χ0v) is 18.7. The Morgan fingerprint density at radius 2 is 2.00 bits per heavy atom. The van der Waals surface area contributed by atoms with Crippen LogP contribution in [0.15, 0.2) is 18.2 Å². The molecule has 0 aliphatic carbocycles. The fraction of sp³-hybridized carbons (Fsp3) is 0.500. The van der Waals surface area contributed by atoms with E-state index in [0.29, 0.717) is 24.3 Å². The SMILES string of the molecule is CN1CCCc2c1c(-c1cc(F)ccc1F)nn2C(=O)NC(C(=O)NCCO)C(C)(C)C. The van der Waals surface area contributed by atoms with Crippen LogP contribution >= 0.6 is 0 Å². The van der Waals surface area contributed by atoms with Crippen LogP contribution in [0.2, 0.25) is 0 Å². The van der Waals surface area contributed by atoms with E-state index in [9.17, 15) is 18.4 Å². The number of hydrogen-bond donors (Lipinski definition) is 3. The first-order chi connectivity index (χ1) is 15.0. The molecule has 0 radical (unpaired) electrons. The van der Waals surface area contributed by atoms with E-state index in [1.54, 1.807) is 20.8 Å². The van der Waals surface area contributed by atoms with Gasteiger partial charge in [0.1, 0.15) is 23.4 Å². The van der Waals surface area contributed by atoms with Crippen LogP contribution < -0.4 is 15.5 Å². The second kappa shape index (κ2) is 9.23. The molecular weight excluding hydrogens is 420 g/mol. The van der Waals surface area contributed by atoms with Crippen molar-refractivity contribution in [1.29, 1.82) is 0 Å². The van der Waals surface area contributed by atoms with E-state index >= 15 is 0 Å². The molecule has 1 aromatic heterocycles. The van der Waals surface area contributed by atoms with Crippen LogP contribution in [0.3, 0.4) is 0 Å². The van der Waals surface area contributed by atoms with Gasteiger partial charge in [-0.3, -0.25) is 4.79 Å². The molecule has 0 fully saturated rings. The van der Waals surface area contributed by atoms with Gasteiger partial charge in [0.25, 0.3) is 0 Å². The molecule has 2 amide bonds. The second-order valence-electron chi connectivity index (χ2n) is 8.97. The monoisotopic (exact) mass is 449 g/mol. The highest BCUT2D eigenvalue weighted by Crippen LogP contribution is 2.37. The number of aliphatic hydroxyl groups excluding tert-OH is 1. The molecule has 2 heterocycles. The van der Waals surface area contributed by atoms with Gasteiger partial charge >= 0.3 is 6.03 Å². The number of anilines is 1. The summed E-state index contributed by atoms with van der Waals surface area (Å²) in [6, 6.07) is 1.57. The van der Waals surface area contributed by atoms with Crippen molar-refractivity contribution < 1.29 is 23.5 Å². The molecule has 10 heteroatoms. The third kappa shape index (κ3) is 4.74. The number of halogens is 2. The molecule has 32 heavy (non-hydrogen) atoms. The first kappa shape index (κ1) is 23.6. The number of nitrogens with zero attached hydrogens (tertiary/aromatic N) is 3. The Balaban J connectivity index is 2.03. The van der Waals surface area contributed by atoms with Crippen LogP contribution in [-0.2, 0) is 11.2 Å².